The van der Waals surface area contributed by atoms with E-state index >= 15 is 0 Å². The molecule has 7 nitrogen and oxygen atoms in total. The summed E-state index contributed by atoms with van der Waals surface area (Å²) in [5, 5.41) is 13.7. The Balaban J connectivity index is 1.96. The predicted octanol–water partition coefficient (Wildman–Crippen LogP) is 0.384. The van der Waals surface area contributed by atoms with Gasteiger partial charge in [0.15, 0.2) is 0 Å². The second-order valence-corrected chi connectivity index (χ2v) is 6.21. The number of hydrogen-bond donors (Lipinski definition) is 2. The molecule has 0 saturated heterocycles. The van der Waals surface area contributed by atoms with Gasteiger partial charge in [-0.1, -0.05) is 18.2 Å². The fraction of sp³-hybridized carbons (Fsp3) is 0.286. The van der Waals surface area contributed by atoms with Crippen LogP contribution in [0.25, 0.3) is 0 Å². The highest BCUT2D eigenvalue weighted by molar-refractivity contribution is 6.10. The van der Waals surface area contributed by atoms with Crippen LogP contribution in [0.4, 0.5) is 5.69 Å². The van der Waals surface area contributed by atoms with Crippen molar-refractivity contribution in [3.05, 3.63) is 65.2 Å². The van der Waals surface area contributed by atoms with Gasteiger partial charge in [0.05, 0.1) is 24.6 Å². The van der Waals surface area contributed by atoms with E-state index in [-0.39, 0.29) is 11.1 Å². The van der Waals surface area contributed by atoms with E-state index in [1.165, 1.54) is 23.1 Å². The first-order chi connectivity index (χ1) is 13.5. The summed E-state index contributed by atoms with van der Waals surface area (Å²) in [5.41, 5.74) is 0.630. The van der Waals surface area contributed by atoms with Crippen molar-refractivity contribution >= 4 is 23.5 Å². The monoisotopic (exact) mass is 384 g/mol. The number of rotatable bonds is 9. The molecule has 148 valence electrons. The number of likely N-dealkylation sites (N-methyl/N-ethyl adjacent to an activating group) is 1. The van der Waals surface area contributed by atoms with Crippen molar-refractivity contribution in [1.29, 1.82) is 0 Å². The van der Waals surface area contributed by atoms with E-state index in [0.29, 0.717) is 17.9 Å². The van der Waals surface area contributed by atoms with Crippen molar-refractivity contribution in [3.8, 4) is 0 Å². The van der Waals surface area contributed by atoms with Crippen LogP contribution >= 0.6 is 0 Å². The highest BCUT2D eigenvalue weighted by Gasteiger charge is 2.13. The lowest BCUT2D eigenvalue weighted by atomic mass is 10.1. The number of benzene rings is 2. The molecule has 28 heavy (non-hydrogen) atoms. The summed E-state index contributed by atoms with van der Waals surface area (Å²) >= 11 is 0. The average Bonchev–Trinajstić information content (AvgIpc) is 2.71. The zero-order chi connectivity index (χ0) is 20.5. The third kappa shape index (κ3) is 5.65. The quantitative estimate of drug-likeness (QED) is 0.609. The fourth-order valence-corrected chi connectivity index (χ4v) is 2.72. The van der Waals surface area contributed by atoms with E-state index in [2.05, 4.69) is 19.2 Å². The van der Waals surface area contributed by atoms with Gasteiger partial charge in [-0.15, -0.1) is 0 Å². The molecule has 1 amide bonds. The molecule has 2 aromatic rings. The fourth-order valence-electron chi connectivity index (χ4n) is 2.72. The number of carboxylic acid groups (broad SMARTS) is 1. The molecule has 0 spiro atoms. The molecule has 0 radical (unpaired) electrons. The van der Waals surface area contributed by atoms with Gasteiger partial charge in [-0.3, -0.25) is 4.79 Å². The van der Waals surface area contributed by atoms with Crippen LogP contribution in [-0.2, 0) is 4.74 Å². The standard InChI is InChI=1S/C21H24N2O5/c1-3-23(4-2)13-14-28-21(27)15-9-11-16(12-10-15)22-19(24)17-7-5-6-8-18(17)20(25)26/h5-12H,3-4,13-14H2,1-2H3,(H,22,24)(H,25,26). The molecule has 0 heterocycles. The topological polar surface area (TPSA) is 100.0 Å². The van der Waals surface area contributed by atoms with Gasteiger partial charge in [-0.25, -0.2) is 4.79 Å². The van der Waals surface area contributed by atoms with Crippen LogP contribution < -0.4 is 15.3 Å². The summed E-state index contributed by atoms with van der Waals surface area (Å²) < 4.78 is 5.28. The number of carboxylic acids is 1. The Bertz CT molecular complexity index is 829. The molecule has 0 unspecified atom stereocenters. The van der Waals surface area contributed by atoms with E-state index in [1.807, 2.05) is 0 Å². The van der Waals surface area contributed by atoms with Crippen LogP contribution in [-0.4, -0.2) is 44.1 Å². The molecule has 0 atom stereocenters. The Labute approximate surface area is 163 Å². The largest absolute Gasteiger partial charge is 0.545 e. The molecule has 0 saturated carbocycles. The van der Waals surface area contributed by atoms with E-state index < -0.39 is 17.8 Å². The first kappa shape index (κ1) is 21.1. The van der Waals surface area contributed by atoms with Crippen molar-refractivity contribution in [2.75, 3.05) is 31.6 Å². The number of amides is 1. The Morgan fingerprint density at radius 3 is 2.14 bits per heavy atom. The number of anilines is 1. The number of aromatic carboxylic acids is 1. The van der Waals surface area contributed by atoms with Crippen molar-refractivity contribution < 1.29 is 29.1 Å². The van der Waals surface area contributed by atoms with Crippen molar-refractivity contribution in [2.45, 2.75) is 13.8 Å². The van der Waals surface area contributed by atoms with Gasteiger partial charge in [0.1, 0.15) is 13.2 Å². The van der Waals surface area contributed by atoms with Crippen LogP contribution in [0.15, 0.2) is 48.5 Å². The Morgan fingerprint density at radius 1 is 0.964 bits per heavy atom. The minimum Gasteiger partial charge on any atom is -0.545 e. The maximum Gasteiger partial charge on any atom is 0.338 e. The van der Waals surface area contributed by atoms with E-state index in [1.54, 1.807) is 30.3 Å². The summed E-state index contributed by atoms with van der Waals surface area (Å²) in [6, 6.07) is 12.0. The summed E-state index contributed by atoms with van der Waals surface area (Å²) in [5.74, 6) is -2.42. The molecular formula is C21H24N2O5. The zero-order valence-electron chi connectivity index (χ0n) is 16.0. The van der Waals surface area contributed by atoms with E-state index in [0.717, 1.165) is 19.6 Å². The van der Waals surface area contributed by atoms with Crippen LogP contribution in [0.2, 0.25) is 0 Å². The number of esters is 1. The van der Waals surface area contributed by atoms with Crippen molar-refractivity contribution in [1.82, 2.24) is 0 Å². The van der Waals surface area contributed by atoms with E-state index in [9.17, 15) is 19.5 Å². The van der Waals surface area contributed by atoms with Crippen molar-refractivity contribution in [3.63, 3.8) is 0 Å². The van der Waals surface area contributed by atoms with Crippen LogP contribution in [0.5, 0.6) is 0 Å². The number of hydrogen-bond acceptors (Lipinski definition) is 5. The molecular weight excluding hydrogens is 360 g/mol. The molecule has 0 aliphatic heterocycles. The van der Waals surface area contributed by atoms with E-state index in [4.69, 9.17) is 4.74 Å². The van der Waals surface area contributed by atoms with Gasteiger partial charge in [0, 0.05) is 16.8 Å². The minimum absolute atomic E-state index is 0.00453. The summed E-state index contributed by atoms with van der Waals surface area (Å²) in [7, 11) is 0. The Hall–Kier alpha value is -3.19. The molecule has 0 fully saturated rings. The van der Waals surface area contributed by atoms with Gasteiger partial charge in [-0.05, 0) is 44.2 Å². The highest BCUT2D eigenvalue weighted by Crippen LogP contribution is 2.14. The molecule has 0 aromatic heterocycles. The number of carbonyl (C=O) groups is 3. The van der Waals surface area contributed by atoms with Gasteiger partial charge in [-0.2, -0.15) is 0 Å². The average molecular weight is 384 g/mol. The lowest BCUT2D eigenvalue weighted by Crippen LogP contribution is -3.11. The summed E-state index contributed by atoms with van der Waals surface area (Å²) in [4.78, 5) is 36.9. The van der Waals surface area contributed by atoms with Crippen LogP contribution in [0.3, 0.4) is 0 Å². The zero-order valence-corrected chi connectivity index (χ0v) is 16.0. The number of ether oxygens (including phenoxy) is 1. The van der Waals surface area contributed by atoms with Crippen molar-refractivity contribution in [2.24, 2.45) is 0 Å². The smallest absolute Gasteiger partial charge is 0.338 e. The van der Waals surface area contributed by atoms with Crippen LogP contribution in [0.1, 0.15) is 44.9 Å². The minimum atomic E-state index is -1.42. The third-order valence-electron chi connectivity index (χ3n) is 4.46. The highest BCUT2D eigenvalue weighted by atomic mass is 16.5. The molecule has 0 aliphatic carbocycles. The predicted molar refractivity (Wildman–Crippen MR) is 102 cm³/mol. The molecule has 2 aromatic carbocycles. The maximum atomic E-state index is 12.3. The van der Waals surface area contributed by atoms with Gasteiger partial charge < -0.3 is 24.9 Å². The lowest BCUT2D eigenvalue weighted by Gasteiger charge is -2.15. The van der Waals surface area contributed by atoms with Crippen LogP contribution in [0, 0.1) is 0 Å². The molecule has 7 heteroatoms. The first-order valence-corrected chi connectivity index (χ1v) is 9.18. The number of quaternary nitrogens is 1. The SMILES string of the molecule is CC[NH+](CC)CCOC(=O)c1ccc(NC(=O)c2ccccc2C(=O)[O-])cc1. The Morgan fingerprint density at radius 2 is 1.57 bits per heavy atom. The van der Waals surface area contributed by atoms with Gasteiger partial charge in [0.2, 0.25) is 0 Å². The summed E-state index contributed by atoms with van der Waals surface area (Å²) in [6.45, 7) is 7.21. The molecule has 2 rings (SSSR count). The van der Waals surface area contributed by atoms with Gasteiger partial charge >= 0.3 is 5.97 Å². The first-order valence-electron chi connectivity index (χ1n) is 9.18. The number of carbonyl (C=O) groups excluding carboxylic acids is 3. The Kier molecular flexibility index (Phi) is 7.71. The third-order valence-corrected chi connectivity index (χ3v) is 4.46. The lowest BCUT2D eigenvalue weighted by molar-refractivity contribution is -0.896. The molecule has 0 bridgehead atoms. The number of nitrogens with one attached hydrogen (secondary N) is 2. The molecule has 2 N–H and O–H groups in total. The molecule has 0 aliphatic rings. The summed E-state index contributed by atoms with van der Waals surface area (Å²) in [6.07, 6.45) is 0. The second-order valence-electron chi connectivity index (χ2n) is 6.21. The maximum absolute atomic E-state index is 12.3. The second kappa shape index (κ2) is 10.2. The normalized spacial score (nSPS) is 10.5. The van der Waals surface area contributed by atoms with Gasteiger partial charge in [0.25, 0.3) is 5.91 Å².